The van der Waals surface area contributed by atoms with Crippen molar-refractivity contribution in [3.8, 4) is 0 Å². The van der Waals surface area contributed by atoms with Crippen LogP contribution in [0.4, 0.5) is 0 Å². The summed E-state index contributed by atoms with van der Waals surface area (Å²) in [7, 11) is 0. The lowest BCUT2D eigenvalue weighted by molar-refractivity contribution is -0.168. The van der Waals surface area contributed by atoms with Crippen LogP contribution in [0.1, 0.15) is 32.8 Å². The molecule has 7 heteroatoms. The molecule has 1 aromatic rings. The van der Waals surface area contributed by atoms with Gasteiger partial charge in [0, 0.05) is 11.4 Å². The van der Waals surface area contributed by atoms with Gasteiger partial charge in [-0.15, -0.1) is 0 Å². The first-order valence-electron chi connectivity index (χ1n) is 7.73. The van der Waals surface area contributed by atoms with Gasteiger partial charge < -0.3 is 14.8 Å². The van der Waals surface area contributed by atoms with E-state index in [1.807, 2.05) is 24.3 Å². The maximum absolute atomic E-state index is 12.4. The summed E-state index contributed by atoms with van der Waals surface area (Å²) in [5.74, 6) is -2.13. The summed E-state index contributed by atoms with van der Waals surface area (Å²) in [5, 5.41) is 2.45. The molecule has 0 unspecified atom stereocenters. The van der Waals surface area contributed by atoms with Gasteiger partial charge in [-0.25, -0.2) is 9.59 Å². The largest absolute Gasteiger partial charge is 0.464 e. The third kappa shape index (κ3) is 5.33. The van der Waals surface area contributed by atoms with Crippen molar-refractivity contribution in [2.45, 2.75) is 39.2 Å². The Labute approximate surface area is 150 Å². The minimum atomic E-state index is -1.84. The van der Waals surface area contributed by atoms with Gasteiger partial charge in [-0.3, -0.25) is 4.79 Å². The highest BCUT2D eigenvalue weighted by Gasteiger charge is 2.49. The normalized spacial score (nSPS) is 10.8. The molecule has 0 heterocycles. The van der Waals surface area contributed by atoms with Crippen molar-refractivity contribution in [1.29, 1.82) is 0 Å². The Hall–Kier alpha value is -1.89. The van der Waals surface area contributed by atoms with Crippen LogP contribution in [0.3, 0.4) is 0 Å². The zero-order valence-electron chi connectivity index (χ0n) is 14.1. The topological polar surface area (TPSA) is 81.7 Å². The van der Waals surface area contributed by atoms with Gasteiger partial charge in [0.25, 0.3) is 0 Å². The van der Waals surface area contributed by atoms with E-state index in [0.29, 0.717) is 6.42 Å². The van der Waals surface area contributed by atoms with E-state index in [2.05, 4.69) is 21.2 Å². The number of nitrogens with one attached hydrogen (secondary N) is 1. The molecule has 0 fully saturated rings. The van der Waals surface area contributed by atoms with Gasteiger partial charge in [0.05, 0.1) is 13.2 Å². The smallest absolute Gasteiger partial charge is 0.343 e. The molecule has 132 valence electrons. The zero-order chi connectivity index (χ0) is 18.2. The SMILES string of the molecule is CCOC(=O)C(CCc1ccc(Br)cc1)(NC(C)=O)C(=O)OCC. The second-order valence-corrected chi connectivity index (χ2v) is 6.07. The molecule has 1 N–H and O–H groups in total. The summed E-state index contributed by atoms with van der Waals surface area (Å²) in [6.07, 6.45) is 0.442. The molecule has 0 bridgehead atoms. The summed E-state index contributed by atoms with van der Waals surface area (Å²) < 4.78 is 11.0. The Kier molecular flexibility index (Phi) is 7.91. The number of carbonyl (C=O) groups excluding carboxylic acids is 3. The standard InChI is InChI=1S/C17H22BrNO5/c1-4-23-15(21)17(19-12(3)20,16(22)24-5-2)11-10-13-6-8-14(18)9-7-13/h6-9H,4-5,10-11H2,1-3H3,(H,19,20). The number of halogens is 1. The summed E-state index contributed by atoms with van der Waals surface area (Å²) in [6, 6.07) is 7.48. The van der Waals surface area contributed by atoms with Crippen LogP contribution in [0.15, 0.2) is 28.7 Å². The molecule has 0 atom stereocenters. The quantitative estimate of drug-likeness (QED) is 0.535. The van der Waals surface area contributed by atoms with Crippen LogP contribution in [-0.2, 0) is 30.3 Å². The molecular formula is C17H22BrNO5. The van der Waals surface area contributed by atoms with Crippen LogP contribution in [0.2, 0.25) is 0 Å². The van der Waals surface area contributed by atoms with Crippen molar-refractivity contribution < 1.29 is 23.9 Å². The van der Waals surface area contributed by atoms with Crippen LogP contribution in [0, 0.1) is 0 Å². The number of amides is 1. The average molecular weight is 400 g/mol. The van der Waals surface area contributed by atoms with Gasteiger partial charge in [-0.1, -0.05) is 28.1 Å². The van der Waals surface area contributed by atoms with E-state index in [4.69, 9.17) is 9.47 Å². The molecule has 0 spiro atoms. The van der Waals surface area contributed by atoms with Crippen molar-refractivity contribution >= 4 is 33.8 Å². The molecule has 1 rings (SSSR count). The predicted molar refractivity (Wildman–Crippen MR) is 92.3 cm³/mol. The molecule has 0 radical (unpaired) electrons. The summed E-state index contributed by atoms with van der Waals surface area (Å²) in [6.45, 7) is 4.70. The molecule has 0 aliphatic heterocycles. The molecule has 1 aromatic carbocycles. The number of esters is 2. The summed E-state index contributed by atoms with van der Waals surface area (Å²) in [4.78, 5) is 36.5. The number of hydrogen-bond acceptors (Lipinski definition) is 5. The molecular weight excluding hydrogens is 378 g/mol. The number of aryl methyl sites for hydroxylation is 1. The average Bonchev–Trinajstić information content (AvgIpc) is 2.53. The molecule has 24 heavy (non-hydrogen) atoms. The third-order valence-corrected chi connectivity index (χ3v) is 3.87. The Balaban J connectivity index is 3.11. The highest BCUT2D eigenvalue weighted by atomic mass is 79.9. The van der Waals surface area contributed by atoms with E-state index in [1.165, 1.54) is 6.92 Å². The Morgan fingerprint density at radius 1 is 1.04 bits per heavy atom. The molecule has 1 amide bonds. The number of benzene rings is 1. The lowest BCUT2D eigenvalue weighted by Gasteiger charge is -2.29. The summed E-state index contributed by atoms with van der Waals surface area (Å²) in [5.41, 5.74) is -0.924. The van der Waals surface area contributed by atoms with Crippen molar-refractivity contribution in [3.05, 3.63) is 34.3 Å². The Bertz CT molecular complexity index is 567. The zero-order valence-corrected chi connectivity index (χ0v) is 15.6. The van der Waals surface area contributed by atoms with Crippen molar-refractivity contribution in [2.24, 2.45) is 0 Å². The van der Waals surface area contributed by atoms with Crippen LogP contribution in [0.25, 0.3) is 0 Å². The van der Waals surface area contributed by atoms with Gasteiger partial charge in [0.2, 0.25) is 11.4 Å². The molecule has 0 saturated heterocycles. The summed E-state index contributed by atoms with van der Waals surface area (Å²) >= 11 is 3.35. The van der Waals surface area contributed by atoms with E-state index in [-0.39, 0.29) is 19.6 Å². The molecule has 0 aromatic heterocycles. The first-order chi connectivity index (χ1) is 11.4. The monoisotopic (exact) mass is 399 g/mol. The van der Waals surface area contributed by atoms with Crippen molar-refractivity contribution in [2.75, 3.05) is 13.2 Å². The van der Waals surface area contributed by atoms with Gasteiger partial charge >= 0.3 is 11.9 Å². The first-order valence-corrected chi connectivity index (χ1v) is 8.52. The Morgan fingerprint density at radius 2 is 1.54 bits per heavy atom. The number of carbonyl (C=O) groups is 3. The fraction of sp³-hybridized carbons (Fsp3) is 0.471. The van der Waals surface area contributed by atoms with Gasteiger partial charge in [-0.05, 0) is 44.4 Å². The minimum Gasteiger partial charge on any atom is -0.464 e. The number of ether oxygens (including phenoxy) is 2. The van der Waals surface area contributed by atoms with Gasteiger partial charge in [-0.2, -0.15) is 0 Å². The number of hydrogen-bond donors (Lipinski definition) is 1. The van der Waals surface area contributed by atoms with Crippen LogP contribution in [-0.4, -0.2) is 36.6 Å². The second-order valence-electron chi connectivity index (χ2n) is 5.15. The van der Waals surface area contributed by atoms with E-state index in [0.717, 1.165) is 10.0 Å². The van der Waals surface area contributed by atoms with Crippen molar-refractivity contribution in [3.63, 3.8) is 0 Å². The lowest BCUT2D eigenvalue weighted by atomic mass is 9.90. The Morgan fingerprint density at radius 3 is 1.96 bits per heavy atom. The van der Waals surface area contributed by atoms with Crippen LogP contribution >= 0.6 is 15.9 Å². The maximum atomic E-state index is 12.4. The molecule has 0 saturated carbocycles. The van der Waals surface area contributed by atoms with E-state index < -0.39 is 23.4 Å². The van der Waals surface area contributed by atoms with Crippen LogP contribution in [0.5, 0.6) is 0 Å². The van der Waals surface area contributed by atoms with Crippen molar-refractivity contribution in [1.82, 2.24) is 5.32 Å². The van der Waals surface area contributed by atoms with E-state index >= 15 is 0 Å². The number of rotatable bonds is 8. The highest BCUT2D eigenvalue weighted by Crippen LogP contribution is 2.21. The fourth-order valence-corrected chi connectivity index (χ4v) is 2.51. The van der Waals surface area contributed by atoms with E-state index in [1.54, 1.807) is 13.8 Å². The fourth-order valence-electron chi connectivity index (χ4n) is 2.24. The van der Waals surface area contributed by atoms with Gasteiger partial charge in [0.1, 0.15) is 0 Å². The highest BCUT2D eigenvalue weighted by molar-refractivity contribution is 9.10. The molecule has 0 aliphatic rings. The van der Waals surface area contributed by atoms with E-state index in [9.17, 15) is 14.4 Å². The minimum absolute atomic E-state index is 0.0475. The second kappa shape index (κ2) is 9.42. The molecule has 6 nitrogen and oxygen atoms in total. The maximum Gasteiger partial charge on any atom is 0.343 e. The first kappa shape index (κ1) is 20.2. The third-order valence-electron chi connectivity index (χ3n) is 3.34. The van der Waals surface area contributed by atoms with Gasteiger partial charge in [0.15, 0.2) is 0 Å². The lowest BCUT2D eigenvalue weighted by Crippen LogP contribution is -2.61. The molecule has 0 aliphatic carbocycles. The predicted octanol–water partition coefficient (Wildman–Crippen LogP) is 2.38. The van der Waals surface area contributed by atoms with Crippen LogP contribution < -0.4 is 5.32 Å².